The fourth-order valence-electron chi connectivity index (χ4n) is 0.302. The molecule has 0 amide bonds. The van der Waals surface area contributed by atoms with Crippen molar-refractivity contribution in [3.63, 3.8) is 0 Å². The Hall–Kier alpha value is -0.900. The van der Waals surface area contributed by atoms with Gasteiger partial charge in [0.25, 0.3) is 0 Å². The highest BCUT2D eigenvalue weighted by Crippen LogP contribution is 1.88. The summed E-state index contributed by atoms with van der Waals surface area (Å²) in [4.78, 5) is 30.3. The third kappa shape index (κ3) is 3.19. The summed E-state index contributed by atoms with van der Waals surface area (Å²) < 4.78 is 0. The first kappa shape index (κ1) is 9.10. The highest BCUT2D eigenvalue weighted by Gasteiger charge is 2.14. The maximum atomic E-state index is 10.3. The topological polar surface area (TPSA) is 71.4 Å². The molecule has 0 aliphatic rings. The maximum absolute atomic E-state index is 10.3. The van der Waals surface area contributed by atoms with E-state index in [1.54, 1.807) is 0 Å². The molecule has 0 unspecified atom stereocenters. The molecule has 0 aromatic rings. The molecule has 10 heavy (non-hydrogen) atoms. The number of aliphatic carboxylic acids is 1. The number of carboxylic acids is 1. The zero-order valence-electron chi connectivity index (χ0n) is 4.96. The van der Waals surface area contributed by atoms with Crippen LogP contribution < -0.4 is 0 Å². The van der Waals surface area contributed by atoms with Gasteiger partial charge in [-0.1, -0.05) is 0 Å². The molecule has 0 bridgehead atoms. The van der Waals surface area contributed by atoms with Crippen molar-refractivity contribution in [2.75, 3.05) is 5.88 Å². The van der Waals surface area contributed by atoms with E-state index in [1.165, 1.54) is 0 Å². The molecule has 0 rings (SSSR count). The Bertz CT molecular complexity index is 174. The molecule has 56 valence electrons. The minimum atomic E-state index is -1.60. The average Bonchev–Trinajstić information content (AvgIpc) is 1.87. The highest BCUT2D eigenvalue weighted by molar-refractivity contribution is 6.39. The van der Waals surface area contributed by atoms with Gasteiger partial charge in [0.1, 0.15) is 0 Å². The summed E-state index contributed by atoms with van der Waals surface area (Å²) in [7, 11) is 0. The van der Waals surface area contributed by atoms with Crippen molar-refractivity contribution in [2.45, 2.75) is 6.42 Å². The van der Waals surface area contributed by atoms with Crippen molar-refractivity contribution < 1.29 is 19.5 Å². The second-order valence-electron chi connectivity index (χ2n) is 1.58. The second kappa shape index (κ2) is 4.00. The van der Waals surface area contributed by atoms with Crippen molar-refractivity contribution in [1.82, 2.24) is 0 Å². The van der Waals surface area contributed by atoms with Gasteiger partial charge in [0.15, 0.2) is 5.78 Å². The quantitative estimate of drug-likeness (QED) is 0.356. The van der Waals surface area contributed by atoms with Gasteiger partial charge in [0, 0.05) is 0 Å². The number of alkyl halides is 1. The largest absolute Gasteiger partial charge is 0.475 e. The molecule has 0 saturated carbocycles. The monoisotopic (exact) mass is 164 g/mol. The van der Waals surface area contributed by atoms with Gasteiger partial charge in [-0.2, -0.15) is 0 Å². The predicted molar refractivity (Wildman–Crippen MR) is 33.0 cm³/mol. The Labute approximate surface area is 61.8 Å². The first-order valence-electron chi connectivity index (χ1n) is 2.41. The Morgan fingerprint density at radius 2 is 1.80 bits per heavy atom. The SMILES string of the molecule is O=C(CCl)CC(=O)C(=O)O. The zero-order valence-corrected chi connectivity index (χ0v) is 5.72. The number of carbonyl (C=O) groups excluding carboxylic acids is 2. The van der Waals surface area contributed by atoms with E-state index in [-0.39, 0.29) is 5.88 Å². The van der Waals surface area contributed by atoms with E-state index in [0.717, 1.165) is 0 Å². The standard InChI is InChI=1S/C5H5ClO4/c6-2-3(7)1-4(8)5(9)10/h1-2H2,(H,9,10). The maximum Gasteiger partial charge on any atom is 0.372 e. The molecule has 0 radical (unpaired) electrons. The molecule has 1 N–H and O–H groups in total. The van der Waals surface area contributed by atoms with Gasteiger partial charge in [-0.3, -0.25) is 9.59 Å². The smallest absolute Gasteiger partial charge is 0.372 e. The lowest BCUT2D eigenvalue weighted by atomic mass is 10.2. The van der Waals surface area contributed by atoms with E-state index in [4.69, 9.17) is 16.7 Å². The fraction of sp³-hybridized carbons (Fsp3) is 0.400. The van der Waals surface area contributed by atoms with Gasteiger partial charge < -0.3 is 5.11 Å². The lowest BCUT2D eigenvalue weighted by molar-refractivity contribution is -0.150. The van der Waals surface area contributed by atoms with Crippen molar-refractivity contribution in [1.29, 1.82) is 0 Å². The molecule has 0 atom stereocenters. The molecule has 0 aromatic carbocycles. The van der Waals surface area contributed by atoms with Crippen LogP contribution in [-0.2, 0) is 14.4 Å². The van der Waals surface area contributed by atoms with Gasteiger partial charge in [-0.05, 0) is 0 Å². The molecular weight excluding hydrogens is 160 g/mol. The number of halogens is 1. The molecule has 0 aliphatic heterocycles. The van der Waals surface area contributed by atoms with E-state index in [9.17, 15) is 14.4 Å². The normalized spacial score (nSPS) is 8.90. The number of rotatable bonds is 4. The molecule has 0 fully saturated rings. The van der Waals surface area contributed by atoms with E-state index < -0.39 is 24.0 Å². The Morgan fingerprint density at radius 3 is 2.10 bits per heavy atom. The van der Waals surface area contributed by atoms with Crippen molar-refractivity contribution in [3.8, 4) is 0 Å². The van der Waals surface area contributed by atoms with Crippen molar-refractivity contribution in [3.05, 3.63) is 0 Å². The minimum Gasteiger partial charge on any atom is -0.475 e. The molecule has 0 saturated heterocycles. The molecule has 0 aromatic heterocycles. The van der Waals surface area contributed by atoms with Crippen molar-refractivity contribution >= 4 is 29.1 Å². The van der Waals surface area contributed by atoms with Crippen LogP contribution in [0.2, 0.25) is 0 Å². The third-order valence-corrected chi connectivity index (χ3v) is 1.04. The number of carbonyl (C=O) groups is 3. The van der Waals surface area contributed by atoms with Gasteiger partial charge >= 0.3 is 5.97 Å². The lowest BCUT2D eigenvalue weighted by Gasteiger charge is -1.89. The Kier molecular flexibility index (Phi) is 3.64. The van der Waals surface area contributed by atoms with Crippen LogP contribution in [0, 0.1) is 0 Å². The van der Waals surface area contributed by atoms with Crippen LogP contribution >= 0.6 is 11.6 Å². The van der Waals surface area contributed by atoms with Gasteiger partial charge in [-0.15, -0.1) is 11.6 Å². The molecule has 5 heteroatoms. The van der Waals surface area contributed by atoms with Gasteiger partial charge in [-0.25, -0.2) is 4.79 Å². The second-order valence-corrected chi connectivity index (χ2v) is 1.84. The van der Waals surface area contributed by atoms with Crippen LogP contribution in [0.25, 0.3) is 0 Å². The van der Waals surface area contributed by atoms with Gasteiger partial charge in [0.05, 0.1) is 12.3 Å². The summed E-state index contributed by atoms with van der Waals surface area (Å²) in [5.41, 5.74) is 0. The van der Waals surface area contributed by atoms with E-state index in [1.807, 2.05) is 0 Å². The van der Waals surface area contributed by atoms with Gasteiger partial charge in [0.2, 0.25) is 5.78 Å². The van der Waals surface area contributed by atoms with E-state index >= 15 is 0 Å². The Morgan fingerprint density at radius 1 is 1.30 bits per heavy atom. The number of carboxylic acid groups (broad SMARTS) is 1. The van der Waals surface area contributed by atoms with Crippen LogP contribution in [0.1, 0.15) is 6.42 Å². The van der Waals surface area contributed by atoms with E-state index in [0.29, 0.717) is 0 Å². The number of Topliss-reactive ketones (excluding diaryl/α,β-unsaturated/α-hetero) is 2. The van der Waals surface area contributed by atoms with Crippen molar-refractivity contribution in [2.24, 2.45) is 0 Å². The van der Waals surface area contributed by atoms with Crippen LogP contribution in [-0.4, -0.2) is 28.5 Å². The van der Waals surface area contributed by atoms with Crippen LogP contribution in [0.4, 0.5) is 0 Å². The van der Waals surface area contributed by atoms with Crippen LogP contribution in [0.5, 0.6) is 0 Å². The number of hydrogen-bond acceptors (Lipinski definition) is 3. The molecular formula is C5H5ClO4. The minimum absolute atomic E-state index is 0.320. The number of ketones is 2. The molecule has 0 heterocycles. The lowest BCUT2D eigenvalue weighted by Crippen LogP contribution is -2.17. The van der Waals surface area contributed by atoms with Crippen LogP contribution in [0.3, 0.4) is 0 Å². The summed E-state index contributed by atoms with van der Waals surface area (Å²) in [5, 5.41) is 7.98. The third-order valence-electron chi connectivity index (χ3n) is 0.745. The molecule has 4 nitrogen and oxygen atoms in total. The fourth-order valence-corrected chi connectivity index (χ4v) is 0.396. The molecule has 0 aliphatic carbocycles. The summed E-state index contributed by atoms with van der Waals surface area (Å²) in [6.07, 6.45) is -0.612. The first-order chi connectivity index (χ1) is 4.57. The predicted octanol–water partition coefficient (Wildman–Crippen LogP) is -0.162. The summed E-state index contributed by atoms with van der Waals surface area (Å²) >= 11 is 5.01. The van der Waals surface area contributed by atoms with Crippen LogP contribution in [0.15, 0.2) is 0 Å². The summed E-state index contributed by atoms with van der Waals surface area (Å²) in [6, 6.07) is 0. The molecule has 0 spiro atoms. The summed E-state index contributed by atoms with van der Waals surface area (Å²) in [5.74, 6) is -3.61. The first-order valence-corrected chi connectivity index (χ1v) is 2.95. The zero-order chi connectivity index (χ0) is 8.15. The summed E-state index contributed by atoms with van der Waals surface area (Å²) in [6.45, 7) is 0. The Balaban J connectivity index is 3.80. The number of hydrogen-bond donors (Lipinski definition) is 1. The average molecular weight is 165 g/mol. The highest BCUT2D eigenvalue weighted by atomic mass is 35.5. The van der Waals surface area contributed by atoms with E-state index in [2.05, 4.69) is 0 Å².